The van der Waals surface area contributed by atoms with Crippen LogP contribution in [-0.4, -0.2) is 30.7 Å². The molecule has 0 saturated carbocycles. The van der Waals surface area contributed by atoms with Gasteiger partial charge in [-0.05, 0) is 30.2 Å². The third kappa shape index (κ3) is 2.44. The Bertz CT molecular complexity index is 915. The molecule has 1 aromatic carbocycles. The average Bonchev–Trinajstić information content (AvgIpc) is 3.05. The molecule has 0 spiro atoms. The molecular formula is C20H19N3O. The van der Waals surface area contributed by atoms with Gasteiger partial charge >= 0.3 is 0 Å². The summed E-state index contributed by atoms with van der Waals surface area (Å²) in [6.07, 6.45) is 2.13. The number of fused-ring (bicyclic) bond motifs is 1. The van der Waals surface area contributed by atoms with E-state index >= 15 is 0 Å². The SMILES string of the molecule is Cc1cc2cc(-c3ccccc3)cn2c(N2CCOCC2)c1C#N. The highest BCUT2D eigenvalue weighted by atomic mass is 16.5. The highest BCUT2D eigenvalue weighted by Gasteiger charge is 2.20. The predicted molar refractivity (Wildman–Crippen MR) is 95.3 cm³/mol. The van der Waals surface area contributed by atoms with E-state index in [1.165, 1.54) is 11.1 Å². The highest BCUT2D eigenvalue weighted by Crippen LogP contribution is 2.31. The first-order chi connectivity index (χ1) is 11.8. The molecule has 0 bridgehead atoms. The molecule has 0 atom stereocenters. The van der Waals surface area contributed by atoms with Crippen molar-refractivity contribution in [1.82, 2.24) is 4.40 Å². The van der Waals surface area contributed by atoms with E-state index in [9.17, 15) is 5.26 Å². The molecule has 0 radical (unpaired) electrons. The topological polar surface area (TPSA) is 40.7 Å². The second-order valence-electron chi connectivity index (χ2n) is 6.13. The quantitative estimate of drug-likeness (QED) is 0.725. The van der Waals surface area contributed by atoms with Crippen molar-refractivity contribution in [1.29, 1.82) is 5.26 Å². The number of nitrogens with zero attached hydrogens (tertiary/aromatic N) is 3. The monoisotopic (exact) mass is 317 g/mol. The minimum Gasteiger partial charge on any atom is -0.378 e. The van der Waals surface area contributed by atoms with Gasteiger partial charge in [0.05, 0.1) is 18.8 Å². The number of hydrogen-bond acceptors (Lipinski definition) is 3. The number of hydrogen-bond donors (Lipinski definition) is 0. The standard InChI is InChI=1S/C20H19N3O/c1-15-11-18-12-17(16-5-3-2-4-6-16)14-23(18)20(19(15)13-21)22-7-9-24-10-8-22/h2-6,11-12,14H,7-10H2,1H3. The highest BCUT2D eigenvalue weighted by molar-refractivity contribution is 5.75. The average molecular weight is 317 g/mol. The molecule has 2 aromatic heterocycles. The zero-order valence-corrected chi connectivity index (χ0v) is 13.7. The third-order valence-electron chi connectivity index (χ3n) is 4.59. The first-order valence-corrected chi connectivity index (χ1v) is 8.22. The van der Waals surface area contributed by atoms with E-state index in [1.807, 2.05) is 25.1 Å². The summed E-state index contributed by atoms with van der Waals surface area (Å²) in [7, 11) is 0. The van der Waals surface area contributed by atoms with Crippen LogP contribution in [0.25, 0.3) is 16.6 Å². The third-order valence-corrected chi connectivity index (χ3v) is 4.59. The fourth-order valence-corrected chi connectivity index (χ4v) is 3.38. The number of benzene rings is 1. The van der Waals surface area contributed by atoms with E-state index in [1.54, 1.807) is 0 Å². The van der Waals surface area contributed by atoms with Gasteiger partial charge in [0.25, 0.3) is 0 Å². The van der Waals surface area contributed by atoms with Crippen LogP contribution in [0.5, 0.6) is 0 Å². The summed E-state index contributed by atoms with van der Waals surface area (Å²) in [6, 6.07) is 17.0. The van der Waals surface area contributed by atoms with E-state index in [2.05, 4.69) is 45.8 Å². The lowest BCUT2D eigenvalue weighted by atomic mass is 10.1. The van der Waals surface area contributed by atoms with Crippen molar-refractivity contribution in [2.45, 2.75) is 6.92 Å². The molecule has 1 aliphatic rings. The zero-order chi connectivity index (χ0) is 16.5. The van der Waals surface area contributed by atoms with Gasteiger partial charge in [0, 0.05) is 30.4 Å². The molecule has 0 aliphatic carbocycles. The number of aromatic nitrogens is 1. The Morgan fingerprint density at radius 1 is 1.04 bits per heavy atom. The molecule has 1 aliphatic heterocycles. The minimum absolute atomic E-state index is 0.702. The summed E-state index contributed by atoms with van der Waals surface area (Å²) >= 11 is 0. The van der Waals surface area contributed by atoms with Crippen LogP contribution < -0.4 is 4.90 Å². The van der Waals surface area contributed by atoms with Gasteiger partial charge in [-0.3, -0.25) is 0 Å². The largest absolute Gasteiger partial charge is 0.378 e. The predicted octanol–water partition coefficient (Wildman–Crippen LogP) is 3.62. The van der Waals surface area contributed by atoms with Crippen molar-refractivity contribution in [2.24, 2.45) is 0 Å². The van der Waals surface area contributed by atoms with Crippen LogP contribution in [-0.2, 0) is 4.74 Å². The van der Waals surface area contributed by atoms with Gasteiger partial charge in [0.15, 0.2) is 0 Å². The van der Waals surface area contributed by atoms with Crippen molar-refractivity contribution in [3.8, 4) is 17.2 Å². The van der Waals surface area contributed by atoms with Crippen molar-refractivity contribution in [3.05, 3.63) is 59.8 Å². The molecule has 1 fully saturated rings. The first-order valence-electron chi connectivity index (χ1n) is 8.22. The summed E-state index contributed by atoms with van der Waals surface area (Å²) < 4.78 is 7.63. The molecule has 3 heterocycles. The number of aryl methyl sites for hydroxylation is 1. The normalized spacial score (nSPS) is 14.8. The Balaban J connectivity index is 1.94. The van der Waals surface area contributed by atoms with E-state index in [0.29, 0.717) is 13.2 Å². The molecule has 120 valence electrons. The van der Waals surface area contributed by atoms with Gasteiger partial charge in [-0.25, -0.2) is 0 Å². The molecule has 0 unspecified atom stereocenters. The van der Waals surface area contributed by atoms with Crippen LogP contribution in [0.3, 0.4) is 0 Å². The molecule has 4 rings (SSSR count). The van der Waals surface area contributed by atoms with Gasteiger partial charge in [0.2, 0.25) is 0 Å². The van der Waals surface area contributed by atoms with Crippen molar-refractivity contribution < 1.29 is 4.74 Å². The maximum absolute atomic E-state index is 9.69. The molecular weight excluding hydrogens is 298 g/mol. The second kappa shape index (κ2) is 6.03. The molecule has 0 amide bonds. The van der Waals surface area contributed by atoms with E-state index in [-0.39, 0.29) is 0 Å². The molecule has 3 aromatic rings. The van der Waals surface area contributed by atoms with Crippen LogP contribution in [0.15, 0.2) is 48.7 Å². The molecule has 24 heavy (non-hydrogen) atoms. The fraction of sp³-hybridized carbons (Fsp3) is 0.250. The van der Waals surface area contributed by atoms with Crippen LogP contribution in [0, 0.1) is 18.3 Å². The number of ether oxygens (including phenoxy) is 1. The van der Waals surface area contributed by atoms with Gasteiger partial charge in [0.1, 0.15) is 11.9 Å². The Labute approximate surface area is 141 Å². The molecule has 4 heteroatoms. The van der Waals surface area contributed by atoms with Crippen molar-refractivity contribution in [3.63, 3.8) is 0 Å². The number of morpholine rings is 1. The maximum Gasteiger partial charge on any atom is 0.131 e. The Morgan fingerprint density at radius 3 is 2.50 bits per heavy atom. The van der Waals surface area contributed by atoms with E-state index in [0.717, 1.165) is 35.6 Å². The summed E-state index contributed by atoms with van der Waals surface area (Å²) in [6.45, 7) is 5.04. The van der Waals surface area contributed by atoms with Gasteiger partial charge in [-0.1, -0.05) is 30.3 Å². The second-order valence-corrected chi connectivity index (χ2v) is 6.13. The number of pyridine rings is 1. The van der Waals surface area contributed by atoms with Gasteiger partial charge in [-0.15, -0.1) is 0 Å². The summed E-state index contributed by atoms with van der Waals surface area (Å²) in [5.74, 6) is 0.984. The zero-order valence-electron chi connectivity index (χ0n) is 13.7. The van der Waals surface area contributed by atoms with E-state index < -0.39 is 0 Å². The fourth-order valence-electron chi connectivity index (χ4n) is 3.38. The summed E-state index contributed by atoms with van der Waals surface area (Å²) in [5.41, 5.74) is 5.24. The molecule has 0 N–H and O–H groups in total. The molecule has 1 saturated heterocycles. The first kappa shape index (κ1) is 14.8. The van der Waals surface area contributed by atoms with E-state index in [4.69, 9.17) is 4.74 Å². The smallest absolute Gasteiger partial charge is 0.131 e. The lowest BCUT2D eigenvalue weighted by molar-refractivity contribution is 0.122. The Kier molecular flexibility index (Phi) is 3.72. The van der Waals surface area contributed by atoms with Crippen LogP contribution in [0.1, 0.15) is 11.1 Å². The van der Waals surface area contributed by atoms with Crippen molar-refractivity contribution >= 4 is 11.3 Å². The lowest BCUT2D eigenvalue weighted by Gasteiger charge is -2.30. The van der Waals surface area contributed by atoms with Gasteiger partial charge in [-0.2, -0.15) is 5.26 Å². The minimum atomic E-state index is 0.702. The Morgan fingerprint density at radius 2 is 1.79 bits per heavy atom. The maximum atomic E-state index is 9.69. The van der Waals surface area contributed by atoms with Crippen LogP contribution >= 0.6 is 0 Å². The summed E-state index contributed by atoms with van der Waals surface area (Å²) in [4.78, 5) is 2.26. The van der Waals surface area contributed by atoms with Crippen LogP contribution in [0.4, 0.5) is 5.82 Å². The molecule has 4 nitrogen and oxygen atoms in total. The number of anilines is 1. The number of nitriles is 1. The van der Waals surface area contributed by atoms with Gasteiger partial charge < -0.3 is 14.0 Å². The number of rotatable bonds is 2. The van der Waals surface area contributed by atoms with Crippen LogP contribution in [0.2, 0.25) is 0 Å². The Hall–Kier alpha value is -2.77. The van der Waals surface area contributed by atoms with Crippen molar-refractivity contribution in [2.75, 3.05) is 31.2 Å². The summed E-state index contributed by atoms with van der Waals surface area (Å²) in [5, 5.41) is 9.69. The lowest BCUT2D eigenvalue weighted by Crippen LogP contribution is -2.38.